The third kappa shape index (κ3) is 3.60. The first-order valence-corrected chi connectivity index (χ1v) is 6.97. The van der Waals surface area contributed by atoms with Crippen LogP contribution in [0, 0.1) is 5.41 Å². The van der Waals surface area contributed by atoms with E-state index < -0.39 is 0 Å². The van der Waals surface area contributed by atoms with Gasteiger partial charge in [-0.15, -0.1) is 0 Å². The minimum Gasteiger partial charge on any atom is -0.342 e. The second-order valence-corrected chi connectivity index (χ2v) is 5.04. The van der Waals surface area contributed by atoms with E-state index in [4.69, 9.17) is 5.84 Å². The molecule has 4 nitrogen and oxygen atoms in total. The van der Waals surface area contributed by atoms with E-state index in [2.05, 4.69) is 36.1 Å². The van der Waals surface area contributed by atoms with Crippen LogP contribution in [0.3, 0.4) is 0 Å². The van der Waals surface area contributed by atoms with Crippen molar-refractivity contribution in [1.29, 1.82) is 0 Å². The van der Waals surface area contributed by atoms with Gasteiger partial charge < -0.3 is 4.90 Å². The molecule has 0 unspecified atom stereocenters. The highest BCUT2D eigenvalue weighted by Gasteiger charge is 2.31. The summed E-state index contributed by atoms with van der Waals surface area (Å²) in [7, 11) is 0. The molecule has 0 radical (unpaired) electrons. The number of nitrogens with zero attached hydrogens (tertiary/aromatic N) is 2. The van der Waals surface area contributed by atoms with E-state index in [1.54, 1.807) is 0 Å². The molecule has 1 fully saturated rings. The summed E-state index contributed by atoms with van der Waals surface area (Å²) in [6.07, 6.45) is 6.15. The van der Waals surface area contributed by atoms with Crippen molar-refractivity contribution in [2.45, 2.75) is 52.9 Å². The van der Waals surface area contributed by atoms with Crippen LogP contribution in [0.5, 0.6) is 0 Å². The van der Waals surface area contributed by atoms with Gasteiger partial charge in [0.15, 0.2) is 0 Å². The van der Waals surface area contributed by atoms with Crippen LogP contribution in [0.4, 0.5) is 0 Å². The lowest BCUT2D eigenvalue weighted by Crippen LogP contribution is -2.50. The predicted octanol–water partition coefficient (Wildman–Crippen LogP) is 2.12. The number of hydrazine groups is 1. The fourth-order valence-corrected chi connectivity index (χ4v) is 2.60. The van der Waals surface area contributed by atoms with Crippen molar-refractivity contribution < 1.29 is 0 Å². The SMILES string of the molecule is CCCN=C(NN)N1CCC(CC)(CC)CC1. The molecule has 0 atom stereocenters. The van der Waals surface area contributed by atoms with Crippen molar-refractivity contribution in [3.05, 3.63) is 0 Å². The van der Waals surface area contributed by atoms with Gasteiger partial charge in [0.25, 0.3) is 0 Å². The average Bonchev–Trinajstić information content (AvgIpc) is 2.40. The highest BCUT2D eigenvalue weighted by Crippen LogP contribution is 2.37. The van der Waals surface area contributed by atoms with Crippen LogP contribution in [0.1, 0.15) is 52.9 Å². The van der Waals surface area contributed by atoms with Gasteiger partial charge in [-0.2, -0.15) is 0 Å². The molecular formula is C13H28N4. The van der Waals surface area contributed by atoms with E-state index in [1.165, 1.54) is 25.7 Å². The lowest BCUT2D eigenvalue weighted by molar-refractivity contribution is 0.133. The molecule has 17 heavy (non-hydrogen) atoms. The molecule has 0 bridgehead atoms. The summed E-state index contributed by atoms with van der Waals surface area (Å²) in [6.45, 7) is 9.76. The van der Waals surface area contributed by atoms with Crippen LogP contribution in [0.2, 0.25) is 0 Å². The number of guanidine groups is 1. The summed E-state index contributed by atoms with van der Waals surface area (Å²) in [5.74, 6) is 6.42. The standard InChI is InChI=1S/C13H28N4/c1-4-9-15-12(16-14)17-10-7-13(5-2,6-3)8-11-17/h4-11,14H2,1-3H3,(H,15,16). The monoisotopic (exact) mass is 240 g/mol. The Morgan fingerprint density at radius 2 is 1.82 bits per heavy atom. The lowest BCUT2D eigenvalue weighted by Gasteiger charge is -2.41. The largest absolute Gasteiger partial charge is 0.342 e. The van der Waals surface area contributed by atoms with Gasteiger partial charge in [0, 0.05) is 19.6 Å². The second-order valence-electron chi connectivity index (χ2n) is 5.04. The molecule has 4 heteroatoms. The van der Waals surface area contributed by atoms with Crippen molar-refractivity contribution in [1.82, 2.24) is 10.3 Å². The summed E-state index contributed by atoms with van der Waals surface area (Å²) in [6, 6.07) is 0. The molecule has 0 aromatic rings. The molecule has 1 heterocycles. The van der Waals surface area contributed by atoms with E-state index in [0.717, 1.165) is 32.0 Å². The third-order valence-electron chi connectivity index (χ3n) is 4.24. The van der Waals surface area contributed by atoms with Gasteiger partial charge in [-0.1, -0.05) is 33.6 Å². The minimum atomic E-state index is 0.557. The second kappa shape index (κ2) is 6.84. The number of hydrogen-bond donors (Lipinski definition) is 2. The quantitative estimate of drug-likeness (QED) is 0.342. The third-order valence-corrected chi connectivity index (χ3v) is 4.24. The number of nitrogens with two attached hydrogens (primary N) is 1. The summed E-state index contributed by atoms with van der Waals surface area (Å²) in [4.78, 5) is 6.78. The Kier molecular flexibility index (Phi) is 5.75. The van der Waals surface area contributed by atoms with Crippen LogP contribution in [-0.2, 0) is 0 Å². The van der Waals surface area contributed by atoms with Gasteiger partial charge in [-0.25, -0.2) is 5.84 Å². The van der Waals surface area contributed by atoms with Gasteiger partial charge in [0.1, 0.15) is 0 Å². The number of piperidine rings is 1. The Morgan fingerprint density at radius 1 is 1.24 bits per heavy atom. The summed E-state index contributed by atoms with van der Waals surface area (Å²) in [5, 5.41) is 0. The molecule has 0 aliphatic carbocycles. The molecule has 0 aromatic heterocycles. The van der Waals surface area contributed by atoms with Crippen LogP contribution in [0.15, 0.2) is 4.99 Å². The van der Waals surface area contributed by atoms with Crippen LogP contribution in [-0.4, -0.2) is 30.5 Å². The Morgan fingerprint density at radius 3 is 2.24 bits per heavy atom. The van der Waals surface area contributed by atoms with Gasteiger partial charge >= 0.3 is 0 Å². The van der Waals surface area contributed by atoms with Crippen molar-refractivity contribution in [2.75, 3.05) is 19.6 Å². The van der Waals surface area contributed by atoms with Crippen molar-refractivity contribution in [3.8, 4) is 0 Å². The number of hydrogen-bond acceptors (Lipinski definition) is 2. The van der Waals surface area contributed by atoms with Gasteiger partial charge in [0.2, 0.25) is 5.96 Å². The Balaban J connectivity index is 2.55. The first-order valence-electron chi connectivity index (χ1n) is 6.97. The Hall–Kier alpha value is -0.770. The molecule has 1 saturated heterocycles. The predicted molar refractivity (Wildman–Crippen MR) is 73.7 cm³/mol. The maximum atomic E-state index is 5.55. The highest BCUT2D eigenvalue weighted by atomic mass is 15.4. The van der Waals surface area contributed by atoms with Crippen LogP contribution < -0.4 is 11.3 Å². The van der Waals surface area contributed by atoms with Crippen molar-refractivity contribution in [2.24, 2.45) is 16.3 Å². The molecule has 1 rings (SSSR count). The highest BCUT2D eigenvalue weighted by molar-refractivity contribution is 5.79. The van der Waals surface area contributed by atoms with E-state index in [9.17, 15) is 0 Å². The zero-order valence-corrected chi connectivity index (χ0v) is 11.6. The molecule has 0 saturated carbocycles. The number of nitrogens with one attached hydrogen (secondary N) is 1. The number of rotatable bonds is 4. The van der Waals surface area contributed by atoms with E-state index in [1.807, 2.05) is 0 Å². The Bertz CT molecular complexity index is 236. The average molecular weight is 240 g/mol. The Labute approximate surface area is 106 Å². The first-order chi connectivity index (χ1) is 8.21. The smallest absolute Gasteiger partial charge is 0.208 e. The van der Waals surface area contributed by atoms with E-state index >= 15 is 0 Å². The summed E-state index contributed by atoms with van der Waals surface area (Å²) in [5.41, 5.74) is 3.30. The van der Waals surface area contributed by atoms with Gasteiger partial charge in [0.05, 0.1) is 0 Å². The fourth-order valence-electron chi connectivity index (χ4n) is 2.60. The molecule has 100 valence electrons. The molecule has 0 aromatic carbocycles. The number of aliphatic imine (C=N–C) groups is 1. The molecule has 0 spiro atoms. The summed E-state index contributed by atoms with van der Waals surface area (Å²) >= 11 is 0. The van der Waals surface area contributed by atoms with Crippen LogP contribution in [0.25, 0.3) is 0 Å². The molecule has 0 amide bonds. The lowest BCUT2D eigenvalue weighted by atomic mass is 9.74. The van der Waals surface area contributed by atoms with Crippen LogP contribution >= 0.6 is 0 Å². The number of likely N-dealkylation sites (tertiary alicyclic amines) is 1. The maximum Gasteiger partial charge on any atom is 0.208 e. The summed E-state index contributed by atoms with van der Waals surface area (Å²) < 4.78 is 0. The molecular weight excluding hydrogens is 212 g/mol. The zero-order valence-electron chi connectivity index (χ0n) is 11.6. The molecule has 1 aliphatic heterocycles. The minimum absolute atomic E-state index is 0.557. The zero-order chi connectivity index (χ0) is 12.7. The first kappa shape index (κ1) is 14.3. The topological polar surface area (TPSA) is 53.6 Å². The van der Waals surface area contributed by atoms with Crippen molar-refractivity contribution >= 4 is 5.96 Å². The van der Waals surface area contributed by atoms with Gasteiger partial charge in [-0.05, 0) is 24.7 Å². The fraction of sp³-hybridized carbons (Fsp3) is 0.923. The molecule has 1 aliphatic rings. The normalized spacial score (nSPS) is 20.5. The van der Waals surface area contributed by atoms with Gasteiger partial charge in [-0.3, -0.25) is 10.4 Å². The maximum absolute atomic E-state index is 5.55. The van der Waals surface area contributed by atoms with Crippen molar-refractivity contribution in [3.63, 3.8) is 0 Å². The van der Waals surface area contributed by atoms with E-state index in [0.29, 0.717) is 5.41 Å². The van der Waals surface area contributed by atoms with E-state index in [-0.39, 0.29) is 0 Å². The molecule has 3 N–H and O–H groups in total.